The number of likely N-dealkylation sites (tertiary alicyclic amines) is 1. The summed E-state index contributed by atoms with van der Waals surface area (Å²) in [5.41, 5.74) is 2.35. The highest BCUT2D eigenvalue weighted by molar-refractivity contribution is 5.85. The number of hydrogen-bond acceptors (Lipinski definition) is 4. The first kappa shape index (κ1) is 21.6. The second-order valence-corrected chi connectivity index (χ2v) is 7.63. The number of nitrogens with one attached hydrogen (secondary N) is 1. The second kappa shape index (κ2) is 10.6. The Morgan fingerprint density at radius 2 is 1.72 bits per heavy atom. The van der Waals surface area contributed by atoms with Crippen LogP contribution in [0.5, 0.6) is 5.75 Å². The molecule has 2 aromatic carbocycles. The van der Waals surface area contributed by atoms with Gasteiger partial charge in [-0.1, -0.05) is 48.5 Å². The lowest BCUT2D eigenvalue weighted by molar-refractivity contribution is -0.132. The van der Waals surface area contributed by atoms with Crippen molar-refractivity contribution in [2.24, 2.45) is 0 Å². The number of para-hydroxylation sites is 1. The van der Waals surface area contributed by atoms with Gasteiger partial charge >= 0.3 is 0 Å². The number of amides is 1. The fourth-order valence-electron chi connectivity index (χ4n) is 4.15. The SMILES string of the molecule is Cl.O=C(COc1ccccc1Cc1ccccc1)N1CCC(N2CCNCC2)C1. The van der Waals surface area contributed by atoms with E-state index in [0.717, 1.165) is 63.4 Å². The van der Waals surface area contributed by atoms with Crippen molar-refractivity contribution in [3.05, 3.63) is 65.7 Å². The zero-order valence-corrected chi connectivity index (χ0v) is 17.6. The largest absolute Gasteiger partial charge is 0.483 e. The lowest BCUT2D eigenvalue weighted by atomic mass is 10.0. The minimum absolute atomic E-state index is 0. The molecule has 0 bridgehead atoms. The molecular weight excluding hydrogens is 386 g/mol. The minimum atomic E-state index is 0. The predicted octanol–water partition coefficient (Wildman–Crippen LogP) is 2.58. The van der Waals surface area contributed by atoms with E-state index in [1.54, 1.807) is 0 Å². The van der Waals surface area contributed by atoms with Gasteiger partial charge in [0.15, 0.2) is 6.61 Å². The van der Waals surface area contributed by atoms with Crippen LogP contribution in [0.25, 0.3) is 0 Å². The maximum absolute atomic E-state index is 12.7. The van der Waals surface area contributed by atoms with E-state index in [0.29, 0.717) is 6.04 Å². The summed E-state index contributed by atoms with van der Waals surface area (Å²) in [5.74, 6) is 0.893. The second-order valence-electron chi connectivity index (χ2n) is 7.63. The highest BCUT2D eigenvalue weighted by atomic mass is 35.5. The Labute approximate surface area is 179 Å². The van der Waals surface area contributed by atoms with Crippen molar-refractivity contribution in [3.63, 3.8) is 0 Å². The number of hydrogen-bond donors (Lipinski definition) is 1. The van der Waals surface area contributed by atoms with E-state index in [2.05, 4.69) is 28.4 Å². The third-order valence-electron chi connectivity index (χ3n) is 5.75. The van der Waals surface area contributed by atoms with Crippen LogP contribution in [0, 0.1) is 0 Å². The topological polar surface area (TPSA) is 44.8 Å². The van der Waals surface area contributed by atoms with Gasteiger partial charge in [0, 0.05) is 51.7 Å². The number of halogens is 1. The maximum Gasteiger partial charge on any atom is 0.260 e. The monoisotopic (exact) mass is 415 g/mol. The third-order valence-corrected chi connectivity index (χ3v) is 5.75. The molecule has 5 nitrogen and oxygen atoms in total. The molecule has 1 N–H and O–H groups in total. The van der Waals surface area contributed by atoms with Crippen molar-refractivity contribution >= 4 is 18.3 Å². The zero-order valence-electron chi connectivity index (χ0n) is 16.8. The van der Waals surface area contributed by atoms with Crippen molar-refractivity contribution in [3.8, 4) is 5.75 Å². The number of nitrogens with zero attached hydrogens (tertiary/aromatic N) is 2. The zero-order chi connectivity index (χ0) is 19.2. The van der Waals surface area contributed by atoms with Gasteiger partial charge in [0.2, 0.25) is 0 Å². The molecule has 0 aliphatic carbocycles. The Bertz CT molecular complexity index is 781. The van der Waals surface area contributed by atoms with Crippen molar-refractivity contribution < 1.29 is 9.53 Å². The van der Waals surface area contributed by atoms with Crippen LogP contribution in [-0.2, 0) is 11.2 Å². The van der Waals surface area contributed by atoms with E-state index < -0.39 is 0 Å². The molecule has 4 rings (SSSR count). The van der Waals surface area contributed by atoms with E-state index in [1.165, 1.54) is 5.56 Å². The summed E-state index contributed by atoms with van der Waals surface area (Å²) in [6.07, 6.45) is 1.87. The van der Waals surface area contributed by atoms with Crippen LogP contribution in [0.15, 0.2) is 54.6 Å². The lowest BCUT2D eigenvalue weighted by Gasteiger charge is -2.32. The van der Waals surface area contributed by atoms with Crippen LogP contribution in [-0.4, -0.2) is 67.6 Å². The molecule has 6 heteroatoms. The highest BCUT2D eigenvalue weighted by Crippen LogP contribution is 2.22. The third kappa shape index (κ3) is 5.72. The summed E-state index contributed by atoms with van der Waals surface area (Å²) < 4.78 is 5.95. The van der Waals surface area contributed by atoms with E-state index >= 15 is 0 Å². The van der Waals surface area contributed by atoms with Gasteiger partial charge in [-0.3, -0.25) is 9.69 Å². The molecule has 2 heterocycles. The van der Waals surface area contributed by atoms with E-state index in [9.17, 15) is 4.79 Å². The van der Waals surface area contributed by atoms with Crippen LogP contribution < -0.4 is 10.1 Å². The molecule has 2 aromatic rings. The van der Waals surface area contributed by atoms with Gasteiger partial charge in [0.1, 0.15) is 5.75 Å². The minimum Gasteiger partial charge on any atom is -0.483 e. The smallest absolute Gasteiger partial charge is 0.260 e. The first-order valence-electron chi connectivity index (χ1n) is 10.3. The first-order chi connectivity index (χ1) is 13.8. The number of carbonyl (C=O) groups is 1. The molecule has 2 saturated heterocycles. The molecule has 2 aliphatic heterocycles. The van der Waals surface area contributed by atoms with Gasteiger partial charge in [0.05, 0.1) is 0 Å². The number of rotatable bonds is 6. The standard InChI is InChI=1S/C23H29N3O2.ClH/c27-23(26-13-10-21(17-26)25-14-11-24-12-15-25)18-28-22-9-5-4-8-20(22)16-19-6-2-1-3-7-19;/h1-9,21,24H,10-18H2;1H. The molecular formula is C23H30ClN3O2. The number of piperazine rings is 1. The Morgan fingerprint density at radius 3 is 2.52 bits per heavy atom. The molecule has 0 spiro atoms. The predicted molar refractivity (Wildman–Crippen MR) is 118 cm³/mol. The Balaban J connectivity index is 0.00000240. The summed E-state index contributed by atoms with van der Waals surface area (Å²) in [5, 5.41) is 3.39. The lowest BCUT2D eigenvalue weighted by Crippen LogP contribution is -2.49. The number of ether oxygens (including phenoxy) is 1. The van der Waals surface area contributed by atoms with Crippen molar-refractivity contribution in [1.82, 2.24) is 15.1 Å². The van der Waals surface area contributed by atoms with Gasteiger partial charge in [-0.05, 0) is 23.6 Å². The molecule has 2 aliphatic rings. The van der Waals surface area contributed by atoms with Crippen LogP contribution in [0.3, 0.4) is 0 Å². The average molecular weight is 416 g/mol. The molecule has 1 amide bonds. The Kier molecular flexibility index (Phi) is 7.92. The van der Waals surface area contributed by atoms with E-state index in [1.807, 2.05) is 41.3 Å². The van der Waals surface area contributed by atoms with Crippen LogP contribution in [0.4, 0.5) is 0 Å². The summed E-state index contributed by atoms with van der Waals surface area (Å²) in [7, 11) is 0. The molecule has 29 heavy (non-hydrogen) atoms. The average Bonchev–Trinajstić information content (AvgIpc) is 3.25. The van der Waals surface area contributed by atoms with Crippen LogP contribution in [0.1, 0.15) is 17.5 Å². The van der Waals surface area contributed by atoms with Gasteiger partial charge in [-0.25, -0.2) is 0 Å². The molecule has 0 saturated carbocycles. The normalized spacial score (nSPS) is 19.6. The summed E-state index contributed by atoms with van der Waals surface area (Å²) in [4.78, 5) is 17.2. The van der Waals surface area contributed by atoms with Gasteiger partial charge < -0.3 is 15.0 Å². The summed E-state index contributed by atoms with van der Waals surface area (Å²) in [6.45, 7) is 6.03. The van der Waals surface area contributed by atoms with Crippen molar-refractivity contribution in [2.75, 3.05) is 45.9 Å². The summed E-state index contributed by atoms with van der Waals surface area (Å²) >= 11 is 0. The number of benzene rings is 2. The van der Waals surface area contributed by atoms with Crippen molar-refractivity contribution in [2.45, 2.75) is 18.9 Å². The quantitative estimate of drug-likeness (QED) is 0.787. The summed E-state index contributed by atoms with van der Waals surface area (Å²) in [6, 6.07) is 18.9. The molecule has 1 unspecified atom stereocenters. The molecule has 0 radical (unpaired) electrons. The molecule has 156 valence electrons. The molecule has 2 fully saturated rings. The Hall–Kier alpha value is -2.08. The number of carbonyl (C=O) groups excluding carboxylic acids is 1. The van der Waals surface area contributed by atoms with Gasteiger partial charge in [-0.15, -0.1) is 12.4 Å². The van der Waals surface area contributed by atoms with Gasteiger partial charge in [0.25, 0.3) is 5.91 Å². The Morgan fingerprint density at radius 1 is 1.00 bits per heavy atom. The highest BCUT2D eigenvalue weighted by Gasteiger charge is 2.31. The first-order valence-corrected chi connectivity index (χ1v) is 10.3. The van der Waals surface area contributed by atoms with E-state index in [4.69, 9.17) is 4.74 Å². The molecule has 0 aromatic heterocycles. The van der Waals surface area contributed by atoms with Crippen LogP contribution >= 0.6 is 12.4 Å². The van der Waals surface area contributed by atoms with E-state index in [-0.39, 0.29) is 24.9 Å². The maximum atomic E-state index is 12.7. The molecule has 1 atom stereocenters. The van der Waals surface area contributed by atoms with Crippen molar-refractivity contribution in [1.29, 1.82) is 0 Å². The fraction of sp³-hybridized carbons (Fsp3) is 0.435. The van der Waals surface area contributed by atoms with Crippen LogP contribution in [0.2, 0.25) is 0 Å². The fourth-order valence-corrected chi connectivity index (χ4v) is 4.15. The van der Waals surface area contributed by atoms with Gasteiger partial charge in [-0.2, -0.15) is 0 Å².